The zero-order valence-electron chi connectivity index (χ0n) is 8.70. The Hall–Kier alpha value is -0.940. The number of hydrogen-bond donors (Lipinski definition) is 2. The molecule has 0 aliphatic carbocycles. The van der Waals surface area contributed by atoms with Crippen molar-refractivity contribution >= 4 is 0 Å². The van der Waals surface area contributed by atoms with Gasteiger partial charge in [0.1, 0.15) is 0 Å². The minimum absolute atomic E-state index is 0. The molecule has 0 saturated carbocycles. The minimum atomic E-state index is 0. The van der Waals surface area contributed by atoms with Gasteiger partial charge in [0.25, 0.3) is 0 Å². The lowest BCUT2D eigenvalue weighted by Gasteiger charge is -2.04. The van der Waals surface area contributed by atoms with Crippen LogP contribution in [-0.2, 0) is 0 Å². The minimum Gasteiger partial charge on any atom is -0.422 e. The van der Waals surface area contributed by atoms with E-state index in [-0.39, 0.29) is 14.9 Å². The van der Waals surface area contributed by atoms with Gasteiger partial charge in [0, 0.05) is 2.85 Å². The van der Waals surface area contributed by atoms with E-state index in [0.717, 1.165) is 37.7 Å². The van der Waals surface area contributed by atoms with Gasteiger partial charge in [0.15, 0.2) is 0 Å². The van der Waals surface area contributed by atoms with Gasteiger partial charge in [0.05, 0.1) is 12.1 Å². The van der Waals surface area contributed by atoms with Gasteiger partial charge in [-0.3, -0.25) is 0 Å². The number of nitrogens with one attached hydrogen (secondary N) is 2. The van der Waals surface area contributed by atoms with E-state index < -0.39 is 0 Å². The summed E-state index contributed by atoms with van der Waals surface area (Å²) in [5, 5.41) is 15.0. The maximum Gasteiger partial charge on any atom is 0.233 e. The third-order valence-electron chi connectivity index (χ3n) is 3.17. The molecule has 1 unspecified atom stereocenters. The van der Waals surface area contributed by atoms with Crippen molar-refractivity contribution in [3.8, 4) is 0 Å². The first-order chi connectivity index (χ1) is 7.43. The number of hydrogen-bond acceptors (Lipinski definition) is 5. The molecule has 2 N–H and O–H groups in total. The zero-order chi connectivity index (χ0) is 10.1. The standard InChI is InChI=1S/C10H16N4O.2H2/c1-3-7(11-5-1)9-13-14-10(15-9)8-4-2-6-12-8;;/h7-8,11-12H,1-6H2;2*1H/t7-,8?;;/m0../s1. The fourth-order valence-corrected chi connectivity index (χ4v) is 2.32. The van der Waals surface area contributed by atoms with Crippen molar-refractivity contribution in [2.24, 2.45) is 0 Å². The summed E-state index contributed by atoms with van der Waals surface area (Å²) in [6, 6.07) is 0.570. The Balaban J connectivity index is 0.000000722. The third-order valence-corrected chi connectivity index (χ3v) is 3.17. The van der Waals surface area contributed by atoms with E-state index in [1.807, 2.05) is 0 Å². The molecular weight excluding hydrogens is 192 g/mol. The highest BCUT2D eigenvalue weighted by atomic mass is 16.4. The van der Waals surface area contributed by atoms with E-state index in [1.165, 1.54) is 12.8 Å². The molecule has 5 nitrogen and oxygen atoms in total. The van der Waals surface area contributed by atoms with Crippen LogP contribution in [0.25, 0.3) is 0 Å². The molecule has 5 heteroatoms. The first-order valence-electron chi connectivity index (χ1n) is 5.73. The molecule has 3 rings (SSSR count). The number of rotatable bonds is 2. The molecular formula is C10H20N4O. The molecule has 2 saturated heterocycles. The lowest BCUT2D eigenvalue weighted by atomic mass is 10.2. The molecule has 2 atom stereocenters. The second kappa shape index (κ2) is 3.90. The van der Waals surface area contributed by atoms with Crippen molar-refractivity contribution in [1.29, 1.82) is 0 Å². The summed E-state index contributed by atoms with van der Waals surface area (Å²) in [5.41, 5.74) is 0. The van der Waals surface area contributed by atoms with E-state index in [0.29, 0.717) is 0 Å². The highest BCUT2D eigenvalue weighted by molar-refractivity contribution is 4.97. The Labute approximate surface area is 91.6 Å². The normalized spacial score (nSPS) is 31.2. The highest BCUT2D eigenvalue weighted by Crippen LogP contribution is 2.26. The molecule has 0 spiro atoms. The smallest absolute Gasteiger partial charge is 0.233 e. The zero-order valence-corrected chi connectivity index (χ0v) is 8.70. The molecule has 0 aromatic carbocycles. The lowest BCUT2D eigenvalue weighted by molar-refractivity contribution is 0.372. The molecule has 86 valence electrons. The second-order valence-corrected chi connectivity index (χ2v) is 4.28. The van der Waals surface area contributed by atoms with Crippen LogP contribution in [-0.4, -0.2) is 23.3 Å². The topological polar surface area (TPSA) is 63.0 Å². The van der Waals surface area contributed by atoms with E-state index in [1.54, 1.807) is 0 Å². The predicted molar refractivity (Wildman–Crippen MR) is 58.5 cm³/mol. The predicted octanol–water partition coefficient (Wildman–Crippen LogP) is 1.41. The molecule has 0 bridgehead atoms. The maximum atomic E-state index is 5.70. The van der Waals surface area contributed by atoms with Crippen LogP contribution in [0.3, 0.4) is 0 Å². The fourth-order valence-electron chi connectivity index (χ4n) is 2.32. The monoisotopic (exact) mass is 212 g/mol. The molecule has 15 heavy (non-hydrogen) atoms. The lowest BCUT2D eigenvalue weighted by Crippen LogP contribution is -2.13. The van der Waals surface area contributed by atoms with Gasteiger partial charge in [-0.1, -0.05) is 0 Å². The van der Waals surface area contributed by atoms with Crippen molar-refractivity contribution in [2.75, 3.05) is 13.1 Å². The Morgan fingerprint density at radius 1 is 1.00 bits per heavy atom. The van der Waals surface area contributed by atoms with Gasteiger partial charge in [-0.25, -0.2) is 0 Å². The molecule has 0 radical (unpaired) electrons. The SMILES string of the molecule is C1CNC(c2nnc([C@@H]3CCCN3)o2)C1.[HH].[HH]. The van der Waals surface area contributed by atoms with Crippen LogP contribution in [0.4, 0.5) is 0 Å². The third kappa shape index (κ3) is 1.77. The molecule has 2 aliphatic heterocycles. The van der Waals surface area contributed by atoms with E-state index >= 15 is 0 Å². The summed E-state index contributed by atoms with van der Waals surface area (Å²) >= 11 is 0. The van der Waals surface area contributed by atoms with Gasteiger partial charge in [-0.15, -0.1) is 10.2 Å². The van der Waals surface area contributed by atoms with Gasteiger partial charge < -0.3 is 15.1 Å². The number of nitrogens with zero attached hydrogens (tertiary/aromatic N) is 2. The van der Waals surface area contributed by atoms with Gasteiger partial charge in [-0.05, 0) is 38.8 Å². The highest BCUT2D eigenvalue weighted by Gasteiger charge is 2.26. The van der Waals surface area contributed by atoms with Crippen LogP contribution in [0.5, 0.6) is 0 Å². The molecule has 3 heterocycles. The molecule has 2 fully saturated rings. The first-order valence-corrected chi connectivity index (χ1v) is 5.73. The molecule has 2 aliphatic rings. The summed E-state index contributed by atoms with van der Waals surface area (Å²) in [6.45, 7) is 2.12. The first kappa shape index (κ1) is 9.30. The van der Waals surface area contributed by atoms with Crippen molar-refractivity contribution in [2.45, 2.75) is 37.8 Å². The van der Waals surface area contributed by atoms with Gasteiger partial charge in [0.2, 0.25) is 11.8 Å². The van der Waals surface area contributed by atoms with E-state index in [2.05, 4.69) is 20.8 Å². The van der Waals surface area contributed by atoms with E-state index in [9.17, 15) is 0 Å². The second-order valence-electron chi connectivity index (χ2n) is 4.28. The van der Waals surface area contributed by atoms with Crippen LogP contribution < -0.4 is 10.6 Å². The summed E-state index contributed by atoms with van der Waals surface area (Å²) in [4.78, 5) is 0. The molecule has 1 aromatic rings. The Morgan fingerprint density at radius 2 is 1.53 bits per heavy atom. The summed E-state index contributed by atoms with van der Waals surface area (Å²) in [7, 11) is 0. The van der Waals surface area contributed by atoms with Crippen molar-refractivity contribution in [1.82, 2.24) is 20.8 Å². The van der Waals surface area contributed by atoms with Crippen LogP contribution in [0.15, 0.2) is 4.42 Å². The Bertz CT molecular complexity index is 304. The van der Waals surface area contributed by atoms with Crippen molar-refractivity contribution < 1.29 is 7.27 Å². The maximum absolute atomic E-state index is 5.70. The molecule has 1 aromatic heterocycles. The van der Waals surface area contributed by atoms with Crippen molar-refractivity contribution in [3.05, 3.63) is 11.8 Å². The quantitative estimate of drug-likeness (QED) is 0.776. The average molecular weight is 212 g/mol. The van der Waals surface area contributed by atoms with Gasteiger partial charge in [-0.2, -0.15) is 0 Å². The van der Waals surface area contributed by atoms with E-state index in [4.69, 9.17) is 4.42 Å². The Kier molecular flexibility index (Phi) is 2.42. The van der Waals surface area contributed by atoms with Crippen LogP contribution in [0, 0.1) is 0 Å². The van der Waals surface area contributed by atoms with Crippen LogP contribution in [0.2, 0.25) is 0 Å². The Morgan fingerprint density at radius 3 is 1.93 bits per heavy atom. The summed E-state index contributed by atoms with van der Waals surface area (Å²) in [6.07, 6.45) is 4.62. The van der Waals surface area contributed by atoms with Crippen LogP contribution in [0.1, 0.15) is 52.4 Å². The fraction of sp³-hybridized carbons (Fsp3) is 0.800. The number of aromatic nitrogens is 2. The van der Waals surface area contributed by atoms with Crippen LogP contribution >= 0.6 is 0 Å². The largest absolute Gasteiger partial charge is 0.422 e. The van der Waals surface area contributed by atoms with Crippen molar-refractivity contribution in [3.63, 3.8) is 0 Å². The van der Waals surface area contributed by atoms with Gasteiger partial charge >= 0.3 is 0 Å². The molecule has 0 amide bonds. The average Bonchev–Trinajstić information content (AvgIpc) is 3.02. The summed E-state index contributed by atoms with van der Waals surface area (Å²) < 4.78 is 5.70. The summed E-state index contributed by atoms with van der Waals surface area (Å²) in [5.74, 6) is 1.52.